The van der Waals surface area contributed by atoms with Crippen molar-refractivity contribution in [3.63, 3.8) is 0 Å². The van der Waals surface area contributed by atoms with Gasteiger partial charge in [-0.05, 0) is 19.4 Å². The summed E-state index contributed by atoms with van der Waals surface area (Å²) in [6.07, 6.45) is 0.605. The Kier molecular flexibility index (Phi) is 3.06. The molecule has 0 saturated carbocycles. The Morgan fingerprint density at radius 1 is 1.25 bits per heavy atom. The summed E-state index contributed by atoms with van der Waals surface area (Å²) in [4.78, 5) is 7.78. The van der Waals surface area contributed by atoms with Crippen LogP contribution in [0.15, 0.2) is 24.3 Å². The molecule has 0 aliphatic carbocycles. The zero-order chi connectivity index (χ0) is 11.5. The largest absolute Gasteiger partial charge is 0.396 e. The normalized spacial score (nSPS) is 10.7. The molecule has 0 fully saturated rings. The van der Waals surface area contributed by atoms with Crippen LogP contribution < -0.4 is 0 Å². The van der Waals surface area contributed by atoms with E-state index >= 15 is 0 Å². The van der Waals surface area contributed by atoms with Crippen molar-refractivity contribution in [2.45, 2.75) is 20.3 Å². The van der Waals surface area contributed by atoms with Crippen LogP contribution >= 0.6 is 0 Å². The highest BCUT2D eigenvalue weighted by Gasteiger charge is 2.09. The van der Waals surface area contributed by atoms with E-state index in [0.29, 0.717) is 6.42 Å². The van der Waals surface area contributed by atoms with E-state index in [-0.39, 0.29) is 6.61 Å². The maximum Gasteiger partial charge on any atom is 0.138 e. The number of aromatic amines is 1. The third-order valence-corrected chi connectivity index (χ3v) is 2.73. The lowest BCUT2D eigenvalue weighted by atomic mass is 10.1. The number of nitrogens with one attached hydrogen (secondary N) is 1. The number of aliphatic hydroxyl groups is 1. The Bertz CT molecular complexity index is 488. The average Bonchev–Trinajstić information content (AvgIpc) is 2.61. The van der Waals surface area contributed by atoms with Gasteiger partial charge < -0.3 is 10.1 Å². The Morgan fingerprint density at radius 3 is 2.69 bits per heavy atom. The highest BCUT2D eigenvalue weighted by atomic mass is 16.3. The van der Waals surface area contributed by atoms with Gasteiger partial charge in [0.1, 0.15) is 5.82 Å². The number of benzene rings is 1. The van der Waals surface area contributed by atoms with Crippen LogP contribution in [0.2, 0.25) is 0 Å². The van der Waals surface area contributed by atoms with Crippen LogP contribution in [0.4, 0.5) is 0 Å². The van der Waals surface area contributed by atoms with E-state index in [2.05, 4.69) is 29.0 Å². The van der Waals surface area contributed by atoms with E-state index in [0.717, 1.165) is 22.8 Å². The first kappa shape index (κ1) is 10.9. The molecule has 3 heteroatoms. The van der Waals surface area contributed by atoms with Gasteiger partial charge in [0, 0.05) is 24.3 Å². The quantitative estimate of drug-likeness (QED) is 0.826. The molecular weight excluding hydrogens is 200 g/mol. The molecule has 0 bridgehead atoms. The summed E-state index contributed by atoms with van der Waals surface area (Å²) in [6.45, 7) is 4.19. The first-order valence-electron chi connectivity index (χ1n) is 5.44. The molecule has 0 unspecified atom stereocenters. The molecule has 2 rings (SSSR count). The second kappa shape index (κ2) is 4.49. The van der Waals surface area contributed by atoms with E-state index in [9.17, 15) is 0 Å². The number of hydrogen-bond acceptors (Lipinski definition) is 2. The summed E-state index contributed by atoms with van der Waals surface area (Å²) in [5.74, 6) is 0.888. The lowest BCUT2D eigenvalue weighted by molar-refractivity contribution is 0.298. The van der Waals surface area contributed by atoms with Crippen molar-refractivity contribution in [1.82, 2.24) is 9.97 Å². The van der Waals surface area contributed by atoms with Gasteiger partial charge >= 0.3 is 0 Å². The van der Waals surface area contributed by atoms with E-state index in [4.69, 9.17) is 5.11 Å². The van der Waals surface area contributed by atoms with Gasteiger partial charge in [-0.25, -0.2) is 4.98 Å². The molecule has 0 aliphatic heterocycles. The second-order valence-corrected chi connectivity index (χ2v) is 3.95. The molecule has 16 heavy (non-hydrogen) atoms. The monoisotopic (exact) mass is 216 g/mol. The molecule has 0 amide bonds. The fourth-order valence-corrected chi connectivity index (χ4v) is 1.81. The minimum Gasteiger partial charge on any atom is -0.396 e. The van der Waals surface area contributed by atoms with Crippen molar-refractivity contribution in [2.24, 2.45) is 0 Å². The molecule has 0 radical (unpaired) electrons. The predicted molar refractivity (Wildman–Crippen MR) is 64.3 cm³/mol. The third kappa shape index (κ3) is 1.99. The summed E-state index contributed by atoms with van der Waals surface area (Å²) in [5, 5.41) is 8.92. The smallest absolute Gasteiger partial charge is 0.138 e. The highest BCUT2D eigenvalue weighted by molar-refractivity contribution is 5.60. The number of aliphatic hydroxyl groups excluding tert-OH is 1. The van der Waals surface area contributed by atoms with Crippen LogP contribution in [-0.2, 0) is 6.42 Å². The number of H-pyrrole nitrogens is 1. The number of aromatic nitrogens is 2. The summed E-state index contributed by atoms with van der Waals surface area (Å²) in [5.41, 5.74) is 4.30. The van der Waals surface area contributed by atoms with Crippen molar-refractivity contribution in [1.29, 1.82) is 0 Å². The van der Waals surface area contributed by atoms with Crippen molar-refractivity contribution in [2.75, 3.05) is 6.61 Å². The molecule has 3 nitrogen and oxygen atoms in total. The second-order valence-electron chi connectivity index (χ2n) is 3.95. The van der Waals surface area contributed by atoms with Crippen LogP contribution in [0, 0.1) is 13.8 Å². The molecule has 1 aromatic carbocycles. The van der Waals surface area contributed by atoms with Gasteiger partial charge in [-0.3, -0.25) is 0 Å². The standard InChI is InChI=1S/C13H16N2O/c1-9-5-3-4-6-11(9)13-14-10(2)12(15-13)7-8-16/h3-6,16H,7-8H2,1-2H3,(H,14,15). The van der Waals surface area contributed by atoms with Crippen LogP contribution in [0.5, 0.6) is 0 Å². The zero-order valence-electron chi connectivity index (χ0n) is 9.62. The molecule has 0 aliphatic rings. The van der Waals surface area contributed by atoms with Crippen molar-refractivity contribution in [3.05, 3.63) is 41.2 Å². The van der Waals surface area contributed by atoms with Crippen molar-refractivity contribution < 1.29 is 5.11 Å². The van der Waals surface area contributed by atoms with E-state index in [1.165, 1.54) is 5.56 Å². The zero-order valence-corrected chi connectivity index (χ0v) is 9.62. The Balaban J connectivity index is 2.42. The average molecular weight is 216 g/mol. The summed E-state index contributed by atoms with van der Waals surface area (Å²) in [6, 6.07) is 8.14. The van der Waals surface area contributed by atoms with Crippen molar-refractivity contribution >= 4 is 0 Å². The maximum atomic E-state index is 8.92. The molecule has 0 spiro atoms. The van der Waals surface area contributed by atoms with E-state index in [1.54, 1.807) is 0 Å². The maximum absolute atomic E-state index is 8.92. The Hall–Kier alpha value is -1.61. The van der Waals surface area contributed by atoms with Crippen LogP contribution in [0.3, 0.4) is 0 Å². The van der Waals surface area contributed by atoms with Gasteiger partial charge in [0.05, 0.1) is 5.69 Å². The van der Waals surface area contributed by atoms with Crippen LogP contribution in [-0.4, -0.2) is 21.7 Å². The minimum atomic E-state index is 0.138. The summed E-state index contributed by atoms with van der Waals surface area (Å²) < 4.78 is 0. The van der Waals surface area contributed by atoms with E-state index in [1.807, 2.05) is 19.1 Å². The molecule has 1 heterocycles. The van der Waals surface area contributed by atoms with Gasteiger partial charge in [0.15, 0.2) is 0 Å². The number of imidazole rings is 1. The highest BCUT2D eigenvalue weighted by Crippen LogP contribution is 2.21. The van der Waals surface area contributed by atoms with Gasteiger partial charge in [-0.15, -0.1) is 0 Å². The summed E-state index contributed by atoms with van der Waals surface area (Å²) in [7, 11) is 0. The number of hydrogen-bond donors (Lipinski definition) is 2. The van der Waals surface area contributed by atoms with Crippen molar-refractivity contribution in [3.8, 4) is 11.4 Å². The first-order chi connectivity index (χ1) is 7.72. The van der Waals surface area contributed by atoms with Crippen LogP contribution in [0.25, 0.3) is 11.4 Å². The minimum absolute atomic E-state index is 0.138. The fraction of sp³-hybridized carbons (Fsp3) is 0.308. The first-order valence-corrected chi connectivity index (χ1v) is 5.44. The molecule has 0 atom stereocenters. The Morgan fingerprint density at radius 2 is 2.00 bits per heavy atom. The molecule has 84 valence electrons. The van der Waals surface area contributed by atoms with Gasteiger partial charge in [0.2, 0.25) is 0 Å². The lowest BCUT2D eigenvalue weighted by Gasteiger charge is -2.00. The van der Waals surface area contributed by atoms with Gasteiger partial charge in [-0.1, -0.05) is 24.3 Å². The lowest BCUT2D eigenvalue weighted by Crippen LogP contribution is -1.92. The molecular formula is C13H16N2O. The number of nitrogens with zero attached hydrogens (tertiary/aromatic N) is 1. The topological polar surface area (TPSA) is 48.9 Å². The fourth-order valence-electron chi connectivity index (χ4n) is 1.81. The molecule has 2 aromatic rings. The van der Waals surface area contributed by atoms with Gasteiger partial charge in [0.25, 0.3) is 0 Å². The third-order valence-electron chi connectivity index (χ3n) is 2.73. The predicted octanol–water partition coefficient (Wildman–Crippen LogP) is 2.23. The molecule has 2 N–H and O–H groups in total. The number of aryl methyl sites for hydroxylation is 2. The Labute approximate surface area is 95.2 Å². The van der Waals surface area contributed by atoms with Crippen LogP contribution in [0.1, 0.15) is 17.0 Å². The molecule has 1 aromatic heterocycles. The van der Waals surface area contributed by atoms with E-state index < -0.39 is 0 Å². The SMILES string of the molecule is Cc1ccccc1-c1nc(CCO)c(C)[nH]1. The summed E-state index contributed by atoms with van der Waals surface area (Å²) >= 11 is 0. The number of rotatable bonds is 3. The van der Waals surface area contributed by atoms with Gasteiger partial charge in [-0.2, -0.15) is 0 Å². The molecule has 0 saturated heterocycles.